The summed E-state index contributed by atoms with van der Waals surface area (Å²) in [4.78, 5) is 14.3. The standard InChI is InChI=1S/C11H16N4O3/c1-8-4-11(14-6-10(8)15(16)17)13-5-9-7-18-3-2-12-9/h4,6,9,12H,2-3,5,7H2,1H3,(H,13,14). The zero-order valence-electron chi connectivity index (χ0n) is 10.2. The van der Waals surface area contributed by atoms with Crippen molar-refractivity contribution in [3.05, 3.63) is 27.9 Å². The second-order valence-electron chi connectivity index (χ2n) is 4.22. The van der Waals surface area contributed by atoms with E-state index < -0.39 is 4.92 Å². The van der Waals surface area contributed by atoms with Gasteiger partial charge in [0, 0.05) is 24.7 Å². The first-order valence-electron chi connectivity index (χ1n) is 5.83. The van der Waals surface area contributed by atoms with Gasteiger partial charge in [-0.25, -0.2) is 4.98 Å². The summed E-state index contributed by atoms with van der Waals surface area (Å²) in [5.74, 6) is 0.644. The fourth-order valence-electron chi connectivity index (χ4n) is 1.82. The molecule has 1 saturated heterocycles. The Labute approximate surface area is 105 Å². The molecule has 2 N–H and O–H groups in total. The Balaban J connectivity index is 1.93. The van der Waals surface area contributed by atoms with Crippen molar-refractivity contribution in [2.45, 2.75) is 13.0 Å². The summed E-state index contributed by atoms with van der Waals surface area (Å²) in [5.41, 5.74) is 0.644. The maximum atomic E-state index is 10.7. The summed E-state index contributed by atoms with van der Waals surface area (Å²) < 4.78 is 5.33. The molecule has 18 heavy (non-hydrogen) atoms. The van der Waals surface area contributed by atoms with E-state index in [4.69, 9.17) is 4.74 Å². The number of anilines is 1. The number of aromatic nitrogens is 1. The van der Waals surface area contributed by atoms with Crippen LogP contribution < -0.4 is 10.6 Å². The van der Waals surface area contributed by atoms with Crippen molar-refractivity contribution in [1.82, 2.24) is 10.3 Å². The van der Waals surface area contributed by atoms with Gasteiger partial charge in [0.1, 0.15) is 12.0 Å². The number of nitrogens with one attached hydrogen (secondary N) is 2. The van der Waals surface area contributed by atoms with Crippen LogP contribution in [0.1, 0.15) is 5.56 Å². The third-order valence-corrected chi connectivity index (χ3v) is 2.81. The molecule has 1 unspecified atom stereocenters. The first-order valence-corrected chi connectivity index (χ1v) is 5.83. The molecule has 98 valence electrons. The Bertz CT molecular complexity index is 432. The fraction of sp³-hybridized carbons (Fsp3) is 0.545. The molecule has 0 aromatic carbocycles. The Morgan fingerprint density at radius 3 is 3.17 bits per heavy atom. The number of rotatable bonds is 4. The number of morpholine rings is 1. The molecule has 0 saturated carbocycles. The van der Waals surface area contributed by atoms with Gasteiger partial charge in [-0.1, -0.05) is 0 Å². The van der Waals surface area contributed by atoms with Crippen LogP contribution in [0.5, 0.6) is 0 Å². The van der Waals surface area contributed by atoms with Gasteiger partial charge in [-0.15, -0.1) is 0 Å². The lowest BCUT2D eigenvalue weighted by Gasteiger charge is -2.24. The van der Waals surface area contributed by atoms with Crippen molar-refractivity contribution in [3.8, 4) is 0 Å². The van der Waals surface area contributed by atoms with E-state index in [-0.39, 0.29) is 11.7 Å². The number of nitro groups is 1. The molecule has 0 amide bonds. The van der Waals surface area contributed by atoms with E-state index in [0.29, 0.717) is 24.5 Å². The minimum Gasteiger partial charge on any atom is -0.378 e. The molecule has 1 aromatic rings. The lowest BCUT2D eigenvalue weighted by Crippen LogP contribution is -2.45. The van der Waals surface area contributed by atoms with Crippen LogP contribution in [0, 0.1) is 17.0 Å². The number of hydrogen-bond acceptors (Lipinski definition) is 6. The van der Waals surface area contributed by atoms with Gasteiger partial charge < -0.3 is 15.4 Å². The van der Waals surface area contributed by atoms with Crippen LogP contribution >= 0.6 is 0 Å². The van der Waals surface area contributed by atoms with E-state index >= 15 is 0 Å². The molecule has 2 heterocycles. The van der Waals surface area contributed by atoms with Gasteiger partial charge in [-0.3, -0.25) is 10.1 Å². The largest absolute Gasteiger partial charge is 0.378 e. The summed E-state index contributed by atoms with van der Waals surface area (Å²) in [6.07, 6.45) is 1.28. The number of pyridine rings is 1. The number of nitrogens with zero attached hydrogens (tertiary/aromatic N) is 2. The predicted molar refractivity (Wildman–Crippen MR) is 66.7 cm³/mol. The molecule has 0 aliphatic carbocycles. The van der Waals surface area contributed by atoms with Gasteiger partial charge >= 0.3 is 0 Å². The Morgan fingerprint density at radius 1 is 1.72 bits per heavy atom. The Hall–Kier alpha value is -1.73. The van der Waals surface area contributed by atoms with Gasteiger partial charge in [0.25, 0.3) is 5.69 Å². The average molecular weight is 252 g/mol. The summed E-state index contributed by atoms with van der Waals surface area (Å²) in [6, 6.07) is 1.93. The Kier molecular flexibility index (Phi) is 4.06. The molecule has 1 atom stereocenters. The minimum absolute atomic E-state index is 0.0414. The van der Waals surface area contributed by atoms with Crippen LogP contribution in [0.4, 0.5) is 11.5 Å². The number of ether oxygens (including phenoxy) is 1. The van der Waals surface area contributed by atoms with Gasteiger partial charge in [0.15, 0.2) is 0 Å². The molecule has 1 aromatic heterocycles. The topological polar surface area (TPSA) is 89.3 Å². The highest BCUT2D eigenvalue weighted by Gasteiger charge is 2.14. The van der Waals surface area contributed by atoms with Gasteiger partial charge in [0.05, 0.1) is 18.1 Å². The van der Waals surface area contributed by atoms with Crippen molar-refractivity contribution in [2.24, 2.45) is 0 Å². The lowest BCUT2D eigenvalue weighted by atomic mass is 10.2. The van der Waals surface area contributed by atoms with Crippen molar-refractivity contribution >= 4 is 11.5 Å². The lowest BCUT2D eigenvalue weighted by molar-refractivity contribution is -0.385. The molecule has 7 heteroatoms. The molecule has 1 aliphatic heterocycles. The van der Waals surface area contributed by atoms with Crippen molar-refractivity contribution < 1.29 is 9.66 Å². The van der Waals surface area contributed by atoms with Crippen LogP contribution in [0.25, 0.3) is 0 Å². The molecule has 7 nitrogen and oxygen atoms in total. The third-order valence-electron chi connectivity index (χ3n) is 2.81. The zero-order chi connectivity index (χ0) is 13.0. The molecular formula is C11H16N4O3. The monoisotopic (exact) mass is 252 g/mol. The first-order chi connectivity index (χ1) is 8.66. The highest BCUT2D eigenvalue weighted by atomic mass is 16.6. The smallest absolute Gasteiger partial charge is 0.290 e. The van der Waals surface area contributed by atoms with E-state index in [9.17, 15) is 10.1 Å². The summed E-state index contributed by atoms with van der Waals surface area (Å²) in [7, 11) is 0. The normalized spacial score (nSPS) is 19.5. The van der Waals surface area contributed by atoms with Crippen molar-refractivity contribution in [1.29, 1.82) is 0 Å². The maximum absolute atomic E-state index is 10.7. The van der Waals surface area contributed by atoms with Gasteiger partial charge in [-0.2, -0.15) is 0 Å². The number of aryl methyl sites for hydroxylation is 1. The Morgan fingerprint density at radius 2 is 2.56 bits per heavy atom. The number of hydrogen-bond donors (Lipinski definition) is 2. The molecule has 1 fully saturated rings. The molecule has 0 radical (unpaired) electrons. The van der Waals surface area contributed by atoms with Crippen LogP contribution in [-0.4, -0.2) is 42.3 Å². The third kappa shape index (κ3) is 3.14. The second kappa shape index (κ2) is 5.74. The summed E-state index contributed by atoms with van der Waals surface area (Å²) in [5, 5.41) is 17.1. The molecule has 1 aliphatic rings. The second-order valence-corrected chi connectivity index (χ2v) is 4.22. The fourth-order valence-corrected chi connectivity index (χ4v) is 1.82. The highest BCUT2D eigenvalue weighted by molar-refractivity contribution is 5.46. The SMILES string of the molecule is Cc1cc(NCC2COCCN2)ncc1[N+](=O)[O-]. The predicted octanol–water partition coefficient (Wildman–Crippen LogP) is 0.699. The summed E-state index contributed by atoms with van der Waals surface area (Å²) in [6.45, 7) is 4.64. The van der Waals surface area contributed by atoms with Crippen molar-refractivity contribution in [2.75, 3.05) is 31.6 Å². The van der Waals surface area contributed by atoms with Crippen LogP contribution in [0.2, 0.25) is 0 Å². The van der Waals surface area contributed by atoms with E-state index in [0.717, 1.165) is 13.2 Å². The molecule has 0 bridgehead atoms. The first kappa shape index (κ1) is 12.7. The van der Waals surface area contributed by atoms with E-state index in [1.807, 2.05) is 0 Å². The average Bonchev–Trinajstić information content (AvgIpc) is 2.37. The highest BCUT2D eigenvalue weighted by Crippen LogP contribution is 2.18. The summed E-state index contributed by atoms with van der Waals surface area (Å²) >= 11 is 0. The van der Waals surface area contributed by atoms with E-state index in [1.165, 1.54) is 6.20 Å². The zero-order valence-corrected chi connectivity index (χ0v) is 10.2. The molecule has 0 spiro atoms. The molecule has 2 rings (SSSR count). The van der Waals surface area contributed by atoms with Crippen molar-refractivity contribution in [3.63, 3.8) is 0 Å². The minimum atomic E-state index is -0.428. The molecular weight excluding hydrogens is 236 g/mol. The van der Waals surface area contributed by atoms with Crippen LogP contribution in [0.15, 0.2) is 12.3 Å². The van der Waals surface area contributed by atoms with E-state index in [2.05, 4.69) is 15.6 Å². The maximum Gasteiger partial charge on any atom is 0.290 e. The van der Waals surface area contributed by atoms with Crippen LogP contribution in [0.3, 0.4) is 0 Å². The van der Waals surface area contributed by atoms with Gasteiger partial charge in [-0.05, 0) is 13.0 Å². The quantitative estimate of drug-likeness (QED) is 0.605. The van der Waals surface area contributed by atoms with Gasteiger partial charge in [0.2, 0.25) is 0 Å². The van der Waals surface area contributed by atoms with E-state index in [1.54, 1.807) is 13.0 Å². The van der Waals surface area contributed by atoms with Crippen LogP contribution in [-0.2, 0) is 4.74 Å².